The molecule has 6 heteroatoms. The van der Waals surface area contributed by atoms with Crippen LogP contribution in [0.3, 0.4) is 0 Å². The molecule has 0 N–H and O–H groups in total. The summed E-state index contributed by atoms with van der Waals surface area (Å²) < 4.78 is 0. The average Bonchev–Trinajstić information content (AvgIpc) is 2.68. The van der Waals surface area contributed by atoms with E-state index >= 15 is 0 Å². The second kappa shape index (κ2) is 5.06. The van der Waals surface area contributed by atoms with Gasteiger partial charge >= 0.3 is 5.69 Å². The maximum atomic E-state index is 11.3. The van der Waals surface area contributed by atoms with E-state index in [1.807, 2.05) is 11.9 Å². The van der Waals surface area contributed by atoms with Crippen molar-refractivity contribution >= 4 is 27.8 Å². The molecule has 0 aromatic carbocycles. The van der Waals surface area contributed by atoms with Gasteiger partial charge in [0.2, 0.25) is 0 Å². The van der Waals surface area contributed by atoms with Crippen LogP contribution in [-0.4, -0.2) is 24.3 Å². The van der Waals surface area contributed by atoms with Gasteiger partial charge in [0.1, 0.15) is 0 Å². The zero-order chi connectivity index (χ0) is 13.3. The number of carbonyl (C=O) groups excluding carboxylic acids is 1. The number of nitro groups is 1. The Bertz CT molecular complexity index is 480. The van der Waals surface area contributed by atoms with Crippen molar-refractivity contribution in [3.8, 4) is 0 Å². The van der Waals surface area contributed by atoms with E-state index in [-0.39, 0.29) is 11.5 Å². The summed E-state index contributed by atoms with van der Waals surface area (Å²) in [6.07, 6.45) is 3.65. The molecule has 0 radical (unpaired) electrons. The lowest BCUT2D eigenvalue weighted by atomic mass is 9.85. The molecule has 0 aliphatic heterocycles. The van der Waals surface area contributed by atoms with Gasteiger partial charge in [0.25, 0.3) is 0 Å². The number of hydrogen-bond acceptors (Lipinski definition) is 5. The third-order valence-corrected chi connectivity index (χ3v) is 4.68. The fourth-order valence-corrected chi connectivity index (χ4v) is 3.09. The highest BCUT2D eigenvalue weighted by Gasteiger charge is 2.26. The third-order valence-electron chi connectivity index (χ3n) is 3.34. The van der Waals surface area contributed by atoms with Gasteiger partial charge in [-0.25, -0.2) is 0 Å². The van der Waals surface area contributed by atoms with Gasteiger partial charge in [-0.2, -0.15) is 0 Å². The van der Waals surface area contributed by atoms with Gasteiger partial charge in [0, 0.05) is 19.7 Å². The Morgan fingerprint density at radius 3 is 2.72 bits per heavy atom. The smallest absolute Gasteiger partial charge is 0.304 e. The molecule has 0 amide bonds. The van der Waals surface area contributed by atoms with Crippen LogP contribution in [0.1, 0.15) is 35.9 Å². The lowest BCUT2D eigenvalue weighted by molar-refractivity contribution is -0.383. The van der Waals surface area contributed by atoms with Crippen LogP contribution < -0.4 is 4.90 Å². The van der Waals surface area contributed by atoms with E-state index in [9.17, 15) is 14.9 Å². The fraction of sp³-hybridized carbons (Fsp3) is 0.583. The first-order chi connectivity index (χ1) is 8.49. The SMILES string of the molecule is CC(=O)c1cc([N+](=O)[O-])c(N(C)CC2CCC2)s1. The highest BCUT2D eigenvalue weighted by atomic mass is 32.1. The molecule has 1 heterocycles. The fourth-order valence-electron chi connectivity index (χ4n) is 2.10. The number of rotatable bonds is 5. The average molecular weight is 268 g/mol. The number of thiophene rings is 1. The van der Waals surface area contributed by atoms with Gasteiger partial charge in [-0.3, -0.25) is 14.9 Å². The summed E-state index contributed by atoms with van der Waals surface area (Å²) >= 11 is 1.22. The van der Waals surface area contributed by atoms with Gasteiger partial charge in [0.05, 0.1) is 9.80 Å². The molecule has 18 heavy (non-hydrogen) atoms. The summed E-state index contributed by atoms with van der Waals surface area (Å²) in [5.41, 5.74) is 0.0482. The molecule has 2 rings (SSSR count). The van der Waals surface area contributed by atoms with Crippen molar-refractivity contribution in [3.63, 3.8) is 0 Å². The molecule has 98 valence electrons. The van der Waals surface area contributed by atoms with E-state index in [0.29, 0.717) is 15.8 Å². The predicted molar refractivity (Wildman–Crippen MR) is 71.6 cm³/mol. The summed E-state index contributed by atoms with van der Waals surface area (Å²) in [4.78, 5) is 24.3. The molecule has 0 spiro atoms. The largest absolute Gasteiger partial charge is 0.361 e. The predicted octanol–water partition coefficient (Wildman–Crippen LogP) is 3.10. The van der Waals surface area contributed by atoms with E-state index in [2.05, 4.69) is 0 Å². The molecule has 1 aromatic heterocycles. The Labute approximate surface area is 110 Å². The molecule has 1 fully saturated rings. The van der Waals surface area contributed by atoms with Gasteiger partial charge in [-0.1, -0.05) is 6.42 Å². The first kappa shape index (κ1) is 13.0. The minimum absolute atomic E-state index is 0.0482. The molecular weight excluding hydrogens is 252 g/mol. The number of carbonyl (C=O) groups is 1. The van der Waals surface area contributed by atoms with Gasteiger partial charge in [-0.15, -0.1) is 11.3 Å². The van der Waals surface area contributed by atoms with Gasteiger partial charge in [0.15, 0.2) is 10.8 Å². The number of ketones is 1. The molecule has 1 aromatic rings. The van der Waals surface area contributed by atoms with Crippen LogP contribution >= 0.6 is 11.3 Å². The molecule has 1 aliphatic rings. The summed E-state index contributed by atoms with van der Waals surface area (Å²) in [6.45, 7) is 2.27. The van der Waals surface area contributed by atoms with Crippen LogP contribution in [0.4, 0.5) is 10.7 Å². The highest BCUT2D eigenvalue weighted by molar-refractivity contribution is 7.18. The van der Waals surface area contributed by atoms with E-state index in [4.69, 9.17) is 0 Å². The van der Waals surface area contributed by atoms with Crippen LogP contribution in [0.25, 0.3) is 0 Å². The first-order valence-corrected chi connectivity index (χ1v) is 6.81. The van der Waals surface area contributed by atoms with E-state index in [1.54, 1.807) is 0 Å². The molecule has 1 aliphatic carbocycles. The quantitative estimate of drug-likeness (QED) is 0.467. The van der Waals surface area contributed by atoms with Crippen molar-refractivity contribution in [1.82, 2.24) is 0 Å². The van der Waals surface area contributed by atoms with Gasteiger partial charge < -0.3 is 4.90 Å². The van der Waals surface area contributed by atoms with Crippen LogP contribution in [0.5, 0.6) is 0 Å². The van der Waals surface area contributed by atoms with Gasteiger partial charge in [-0.05, 0) is 25.7 Å². The van der Waals surface area contributed by atoms with E-state index in [1.165, 1.54) is 43.6 Å². The minimum atomic E-state index is -0.407. The van der Waals surface area contributed by atoms with Crippen LogP contribution in [0.2, 0.25) is 0 Å². The molecule has 5 nitrogen and oxygen atoms in total. The number of hydrogen-bond donors (Lipinski definition) is 0. The van der Waals surface area contributed by atoms with E-state index < -0.39 is 4.92 Å². The number of Topliss-reactive ketones (excluding diaryl/α,β-unsaturated/α-hetero) is 1. The Hall–Kier alpha value is -1.43. The highest BCUT2D eigenvalue weighted by Crippen LogP contribution is 2.39. The van der Waals surface area contributed by atoms with Crippen LogP contribution in [0.15, 0.2) is 6.07 Å². The maximum Gasteiger partial charge on any atom is 0.304 e. The molecule has 0 unspecified atom stereocenters. The molecular formula is C12H16N2O3S. The number of nitrogens with zero attached hydrogens (tertiary/aromatic N) is 2. The summed E-state index contributed by atoms with van der Waals surface area (Å²) in [5, 5.41) is 11.6. The standard InChI is InChI=1S/C12H16N2O3S/c1-8(15)11-6-10(14(16)17)12(18-11)13(2)7-9-4-3-5-9/h6,9H,3-5,7H2,1-2H3. The molecule has 1 saturated carbocycles. The summed E-state index contributed by atoms with van der Waals surface area (Å²) in [7, 11) is 1.86. The molecule has 0 saturated heterocycles. The molecule has 0 atom stereocenters. The van der Waals surface area contributed by atoms with Crippen molar-refractivity contribution < 1.29 is 9.72 Å². The van der Waals surface area contributed by atoms with Crippen LogP contribution in [0, 0.1) is 16.0 Å². The summed E-state index contributed by atoms with van der Waals surface area (Å²) in [5.74, 6) is 0.517. The first-order valence-electron chi connectivity index (χ1n) is 5.99. The maximum absolute atomic E-state index is 11.3. The lowest BCUT2D eigenvalue weighted by Crippen LogP contribution is -2.29. The zero-order valence-corrected chi connectivity index (χ0v) is 11.3. The van der Waals surface area contributed by atoms with Crippen LogP contribution in [-0.2, 0) is 0 Å². The Morgan fingerprint density at radius 2 is 2.28 bits per heavy atom. The molecule has 0 bridgehead atoms. The number of anilines is 1. The second-order valence-corrected chi connectivity index (χ2v) is 5.82. The zero-order valence-electron chi connectivity index (χ0n) is 10.5. The second-order valence-electron chi connectivity index (χ2n) is 4.79. The van der Waals surface area contributed by atoms with Crippen molar-refractivity contribution in [1.29, 1.82) is 0 Å². The normalized spacial score (nSPS) is 15.2. The van der Waals surface area contributed by atoms with Crippen molar-refractivity contribution in [2.75, 3.05) is 18.5 Å². The monoisotopic (exact) mass is 268 g/mol. The Morgan fingerprint density at radius 1 is 1.61 bits per heavy atom. The van der Waals surface area contributed by atoms with Crippen molar-refractivity contribution in [2.24, 2.45) is 5.92 Å². The lowest BCUT2D eigenvalue weighted by Gasteiger charge is -2.30. The third kappa shape index (κ3) is 2.53. The minimum Gasteiger partial charge on any atom is -0.361 e. The topological polar surface area (TPSA) is 63.4 Å². The Kier molecular flexibility index (Phi) is 3.65. The van der Waals surface area contributed by atoms with Crippen molar-refractivity contribution in [2.45, 2.75) is 26.2 Å². The Balaban J connectivity index is 2.23. The van der Waals surface area contributed by atoms with Crippen molar-refractivity contribution in [3.05, 3.63) is 21.1 Å². The summed E-state index contributed by atoms with van der Waals surface area (Å²) in [6, 6.07) is 1.39. The van der Waals surface area contributed by atoms with E-state index in [0.717, 1.165) is 6.54 Å².